The molecule has 1 aliphatic rings. The quantitative estimate of drug-likeness (QED) is 0.419. The van der Waals surface area contributed by atoms with Crippen molar-refractivity contribution in [3.05, 3.63) is 71.4 Å². The van der Waals surface area contributed by atoms with Crippen LogP contribution in [0.1, 0.15) is 18.9 Å². The molecule has 0 amide bonds. The van der Waals surface area contributed by atoms with Gasteiger partial charge in [0.15, 0.2) is 6.61 Å². The van der Waals surface area contributed by atoms with Crippen molar-refractivity contribution in [1.82, 2.24) is 4.98 Å². The van der Waals surface area contributed by atoms with Crippen molar-refractivity contribution >= 4 is 23.3 Å². The van der Waals surface area contributed by atoms with Crippen molar-refractivity contribution in [2.45, 2.75) is 26.4 Å². The summed E-state index contributed by atoms with van der Waals surface area (Å²) in [5, 5.41) is 0.654. The van der Waals surface area contributed by atoms with Crippen LogP contribution in [-0.2, 0) is 9.53 Å². The standard InChI is InChI=1S/C26H27ClN2O4/c1-3-31-26(30)17-32-24-14-19(21-6-4-5-7-22(21)27)9-10-23(24)29-13-12-20(16-29)33-25-11-8-18(2)15-28-25/h4-11,14-15,20H,3,12-13,16-17H2,1-2H3/t20-/m0/s1. The van der Waals surface area contributed by atoms with E-state index in [1.54, 1.807) is 13.1 Å². The number of rotatable bonds is 8. The fourth-order valence-corrected chi connectivity index (χ4v) is 4.08. The lowest BCUT2D eigenvalue weighted by atomic mass is 10.0. The predicted molar refractivity (Wildman–Crippen MR) is 129 cm³/mol. The smallest absolute Gasteiger partial charge is 0.344 e. The topological polar surface area (TPSA) is 60.9 Å². The van der Waals surface area contributed by atoms with Crippen molar-refractivity contribution in [1.29, 1.82) is 0 Å². The second-order valence-electron chi connectivity index (χ2n) is 7.90. The summed E-state index contributed by atoms with van der Waals surface area (Å²) in [6, 6.07) is 17.5. The van der Waals surface area contributed by atoms with Crippen LogP contribution < -0.4 is 14.4 Å². The lowest BCUT2D eigenvalue weighted by Crippen LogP contribution is -2.25. The molecule has 0 bridgehead atoms. The lowest BCUT2D eigenvalue weighted by Gasteiger charge is -2.23. The van der Waals surface area contributed by atoms with Gasteiger partial charge in [0.1, 0.15) is 11.9 Å². The number of anilines is 1. The summed E-state index contributed by atoms with van der Waals surface area (Å²) < 4.78 is 17.0. The molecule has 2 aromatic carbocycles. The van der Waals surface area contributed by atoms with E-state index in [0.717, 1.165) is 35.3 Å². The molecule has 3 aromatic rings. The summed E-state index contributed by atoms with van der Waals surface area (Å²) in [5.41, 5.74) is 3.81. The van der Waals surface area contributed by atoms with Crippen LogP contribution in [0, 0.1) is 6.92 Å². The average Bonchev–Trinajstić information content (AvgIpc) is 3.28. The molecule has 4 rings (SSSR count). The Bertz CT molecular complexity index is 1100. The fourth-order valence-electron chi connectivity index (χ4n) is 3.83. The highest BCUT2D eigenvalue weighted by molar-refractivity contribution is 6.33. The summed E-state index contributed by atoms with van der Waals surface area (Å²) in [4.78, 5) is 18.5. The first-order chi connectivity index (χ1) is 16.0. The molecule has 6 nitrogen and oxygen atoms in total. The second kappa shape index (κ2) is 10.6. The van der Waals surface area contributed by atoms with E-state index >= 15 is 0 Å². The van der Waals surface area contributed by atoms with E-state index in [-0.39, 0.29) is 12.7 Å². The highest BCUT2D eigenvalue weighted by atomic mass is 35.5. The minimum Gasteiger partial charge on any atom is -0.480 e. The predicted octanol–water partition coefficient (Wildman–Crippen LogP) is 5.31. The van der Waals surface area contributed by atoms with Gasteiger partial charge in [-0.15, -0.1) is 0 Å². The number of nitrogens with zero attached hydrogens (tertiary/aromatic N) is 2. The van der Waals surface area contributed by atoms with Crippen molar-refractivity contribution in [3.63, 3.8) is 0 Å². The highest BCUT2D eigenvalue weighted by Crippen LogP contribution is 2.37. The molecule has 0 aliphatic carbocycles. The zero-order valence-electron chi connectivity index (χ0n) is 18.8. The average molecular weight is 467 g/mol. The molecular weight excluding hydrogens is 440 g/mol. The third-order valence-corrected chi connectivity index (χ3v) is 5.78. The molecule has 7 heteroatoms. The molecular formula is C26H27ClN2O4. The van der Waals surface area contributed by atoms with E-state index in [1.807, 2.05) is 61.5 Å². The first-order valence-electron chi connectivity index (χ1n) is 11.0. The van der Waals surface area contributed by atoms with Gasteiger partial charge in [0.25, 0.3) is 0 Å². The summed E-state index contributed by atoms with van der Waals surface area (Å²) in [6.07, 6.45) is 2.68. The number of aromatic nitrogens is 1. The van der Waals surface area contributed by atoms with Crippen molar-refractivity contribution in [3.8, 4) is 22.8 Å². The molecule has 1 aliphatic heterocycles. The summed E-state index contributed by atoms with van der Waals surface area (Å²) in [7, 11) is 0. The molecule has 1 aromatic heterocycles. The highest BCUT2D eigenvalue weighted by Gasteiger charge is 2.27. The summed E-state index contributed by atoms with van der Waals surface area (Å²) in [5.74, 6) is 0.828. The van der Waals surface area contributed by atoms with Gasteiger partial charge < -0.3 is 19.1 Å². The normalized spacial score (nSPS) is 15.4. The van der Waals surface area contributed by atoms with Gasteiger partial charge in [-0.3, -0.25) is 0 Å². The molecule has 2 heterocycles. The van der Waals surface area contributed by atoms with Crippen LogP contribution in [0.5, 0.6) is 11.6 Å². The minimum atomic E-state index is -0.403. The number of benzene rings is 2. The minimum absolute atomic E-state index is 0.0151. The number of carbonyl (C=O) groups excluding carboxylic acids is 1. The van der Waals surface area contributed by atoms with Crippen LogP contribution in [0.15, 0.2) is 60.8 Å². The molecule has 1 atom stereocenters. The maximum atomic E-state index is 11.9. The molecule has 0 spiro atoms. The van der Waals surface area contributed by atoms with Crippen LogP contribution in [0.25, 0.3) is 11.1 Å². The van der Waals surface area contributed by atoms with E-state index in [0.29, 0.717) is 29.8 Å². The largest absolute Gasteiger partial charge is 0.480 e. The van der Waals surface area contributed by atoms with Gasteiger partial charge in [-0.25, -0.2) is 9.78 Å². The van der Waals surface area contributed by atoms with Crippen LogP contribution in [0.4, 0.5) is 5.69 Å². The van der Waals surface area contributed by atoms with Gasteiger partial charge in [0.2, 0.25) is 5.88 Å². The zero-order valence-corrected chi connectivity index (χ0v) is 19.5. The first kappa shape index (κ1) is 22.9. The molecule has 172 valence electrons. The van der Waals surface area contributed by atoms with Gasteiger partial charge in [-0.1, -0.05) is 41.9 Å². The van der Waals surface area contributed by atoms with Crippen LogP contribution in [0.2, 0.25) is 5.02 Å². The number of hydrogen-bond donors (Lipinski definition) is 0. The SMILES string of the molecule is CCOC(=O)COc1cc(-c2ccccc2Cl)ccc1N1CC[C@H](Oc2ccc(C)cn2)C1. The Balaban J connectivity index is 1.55. The molecule has 0 saturated carbocycles. The Hall–Kier alpha value is -3.25. The maximum Gasteiger partial charge on any atom is 0.344 e. The van der Waals surface area contributed by atoms with E-state index < -0.39 is 5.97 Å². The third-order valence-electron chi connectivity index (χ3n) is 5.45. The Morgan fingerprint density at radius 3 is 2.79 bits per heavy atom. The van der Waals surface area contributed by atoms with Gasteiger partial charge in [-0.2, -0.15) is 0 Å². The van der Waals surface area contributed by atoms with Gasteiger partial charge in [0.05, 0.1) is 18.8 Å². The number of aryl methyl sites for hydroxylation is 1. The number of esters is 1. The van der Waals surface area contributed by atoms with Crippen LogP contribution in [0.3, 0.4) is 0 Å². The first-order valence-corrected chi connectivity index (χ1v) is 11.4. The van der Waals surface area contributed by atoms with Crippen LogP contribution >= 0.6 is 11.6 Å². The number of ether oxygens (including phenoxy) is 3. The monoisotopic (exact) mass is 466 g/mol. The van der Waals surface area contributed by atoms with E-state index in [9.17, 15) is 4.79 Å². The summed E-state index contributed by atoms with van der Waals surface area (Å²) >= 11 is 6.40. The Labute approximate surface area is 199 Å². The molecule has 1 fully saturated rings. The van der Waals surface area contributed by atoms with E-state index in [1.165, 1.54) is 0 Å². The van der Waals surface area contributed by atoms with Crippen molar-refractivity contribution in [2.75, 3.05) is 31.2 Å². The molecule has 1 saturated heterocycles. The van der Waals surface area contributed by atoms with Crippen LogP contribution in [-0.4, -0.2) is 43.4 Å². The number of pyridine rings is 1. The number of carbonyl (C=O) groups is 1. The number of halogens is 1. The van der Waals surface area contributed by atoms with Crippen molar-refractivity contribution < 1.29 is 19.0 Å². The van der Waals surface area contributed by atoms with E-state index in [4.69, 9.17) is 25.8 Å². The van der Waals surface area contributed by atoms with E-state index in [2.05, 4.69) is 9.88 Å². The molecule has 0 N–H and O–H groups in total. The van der Waals surface area contributed by atoms with Gasteiger partial charge >= 0.3 is 5.97 Å². The Morgan fingerprint density at radius 1 is 1.18 bits per heavy atom. The lowest BCUT2D eigenvalue weighted by molar-refractivity contribution is -0.145. The maximum absolute atomic E-state index is 11.9. The summed E-state index contributed by atoms with van der Waals surface area (Å²) in [6.45, 7) is 5.42. The fraction of sp³-hybridized carbons (Fsp3) is 0.308. The Kier molecular flexibility index (Phi) is 7.35. The molecule has 0 radical (unpaired) electrons. The second-order valence-corrected chi connectivity index (χ2v) is 8.31. The zero-order chi connectivity index (χ0) is 23.2. The number of hydrogen-bond acceptors (Lipinski definition) is 6. The Morgan fingerprint density at radius 2 is 2.03 bits per heavy atom. The van der Waals surface area contributed by atoms with Crippen molar-refractivity contribution in [2.24, 2.45) is 0 Å². The third kappa shape index (κ3) is 5.76. The van der Waals surface area contributed by atoms with Gasteiger partial charge in [-0.05, 0) is 43.2 Å². The molecule has 33 heavy (non-hydrogen) atoms. The van der Waals surface area contributed by atoms with Gasteiger partial charge in [0, 0.05) is 35.8 Å². The molecule has 0 unspecified atom stereocenters.